The van der Waals surface area contributed by atoms with E-state index in [1.54, 1.807) is 34.6 Å². The molecule has 1 amide bonds. The summed E-state index contributed by atoms with van der Waals surface area (Å²) in [7, 11) is 0. The fourth-order valence-corrected chi connectivity index (χ4v) is 5.26. The van der Waals surface area contributed by atoms with Gasteiger partial charge in [0.25, 0.3) is 5.91 Å². The van der Waals surface area contributed by atoms with Gasteiger partial charge in [-0.3, -0.25) is 4.79 Å². The van der Waals surface area contributed by atoms with Gasteiger partial charge in [-0.05, 0) is 65.2 Å². The lowest BCUT2D eigenvalue weighted by molar-refractivity contribution is -0.160. The van der Waals surface area contributed by atoms with Crippen LogP contribution in [0.4, 0.5) is 8.78 Å². The smallest absolute Gasteiger partial charge is 0.337 e. The maximum absolute atomic E-state index is 15.5. The van der Waals surface area contributed by atoms with Gasteiger partial charge in [0.15, 0.2) is 29.0 Å². The van der Waals surface area contributed by atoms with E-state index >= 15 is 4.39 Å². The van der Waals surface area contributed by atoms with Crippen LogP contribution in [0.1, 0.15) is 71.7 Å². The molecule has 0 unspecified atom stereocenters. The van der Waals surface area contributed by atoms with Crippen molar-refractivity contribution in [2.45, 2.75) is 65.7 Å². The fourth-order valence-electron chi connectivity index (χ4n) is 5.26. The largest absolute Gasteiger partial charge is 0.507 e. The molecule has 2 aromatic carbocycles. The van der Waals surface area contributed by atoms with E-state index in [0.29, 0.717) is 47.4 Å². The maximum atomic E-state index is 15.5. The minimum absolute atomic E-state index is 0.0602. The number of rotatable bonds is 7. The Labute approximate surface area is 246 Å². The second-order valence-electron chi connectivity index (χ2n) is 11.5. The number of nitrogens with zero attached hydrogens (tertiary/aromatic N) is 3. The molecule has 0 radical (unpaired) electrons. The zero-order valence-electron chi connectivity index (χ0n) is 24.4. The molecular weight excluding hydrogens is 562 g/mol. The van der Waals surface area contributed by atoms with Crippen molar-refractivity contribution >= 4 is 17.5 Å². The average molecular weight is 595 g/mol. The number of aliphatic carboxylic acids is 1. The van der Waals surface area contributed by atoms with Crippen molar-refractivity contribution in [3.05, 3.63) is 75.6 Å². The highest BCUT2D eigenvalue weighted by molar-refractivity contribution is 5.93. The quantitative estimate of drug-likeness (QED) is 0.266. The number of carboxylic acids is 1. The van der Waals surface area contributed by atoms with Gasteiger partial charge in [-0.25, -0.2) is 23.1 Å². The number of fused-ring (bicyclic) bond motifs is 2. The zero-order chi connectivity index (χ0) is 31.2. The average Bonchev–Trinajstić information content (AvgIpc) is 3.36. The molecule has 2 aromatic heterocycles. The van der Waals surface area contributed by atoms with E-state index in [1.165, 1.54) is 22.7 Å². The first-order valence-electron chi connectivity index (χ1n) is 13.8. The summed E-state index contributed by atoms with van der Waals surface area (Å²) in [5.41, 5.74) is 1.99. The van der Waals surface area contributed by atoms with Crippen molar-refractivity contribution in [1.29, 1.82) is 0 Å². The van der Waals surface area contributed by atoms with Gasteiger partial charge in [0.2, 0.25) is 0 Å². The highest BCUT2D eigenvalue weighted by Gasteiger charge is 2.35. The molecule has 1 aliphatic heterocycles. The predicted octanol–water partition coefficient (Wildman–Crippen LogP) is 5.19. The van der Waals surface area contributed by atoms with Crippen LogP contribution in [0.2, 0.25) is 0 Å². The molecule has 10 nitrogen and oxygen atoms in total. The number of carbonyl (C=O) groups excluding carboxylic acids is 1. The second-order valence-corrected chi connectivity index (χ2v) is 11.5. The Morgan fingerprint density at radius 2 is 1.93 bits per heavy atom. The van der Waals surface area contributed by atoms with Crippen LogP contribution in [0.3, 0.4) is 0 Å². The van der Waals surface area contributed by atoms with Crippen LogP contribution in [-0.2, 0) is 22.5 Å². The summed E-state index contributed by atoms with van der Waals surface area (Å²) in [6, 6.07) is 6.16. The number of hydrogen-bond acceptors (Lipinski definition) is 7. The number of aryl methyl sites for hydroxylation is 1. The third-order valence-corrected chi connectivity index (χ3v) is 7.20. The van der Waals surface area contributed by atoms with Crippen molar-refractivity contribution in [3.63, 3.8) is 0 Å². The summed E-state index contributed by atoms with van der Waals surface area (Å²) in [6.45, 7) is 8.87. The summed E-state index contributed by atoms with van der Waals surface area (Å²) in [6.07, 6.45) is -0.239. The summed E-state index contributed by atoms with van der Waals surface area (Å²) in [5.74, 6) is -3.26. The topological polar surface area (TPSA) is 135 Å². The summed E-state index contributed by atoms with van der Waals surface area (Å²) in [5, 5.41) is 27.4. The number of carbonyl (C=O) groups is 2. The SMILES string of the molecule is Cc1nc2cc(C(=O)NCc3ccc(F)cc3O)nn2c(-c2cc(F)c3c(c2C)CCCO3)c1[C@H](OC(C)(C)C)C(=O)O. The van der Waals surface area contributed by atoms with Gasteiger partial charge in [0, 0.05) is 46.6 Å². The highest BCUT2D eigenvalue weighted by atomic mass is 19.1. The molecule has 4 aromatic rings. The first kappa shape index (κ1) is 29.9. The fraction of sp³-hybridized carbons (Fsp3) is 0.355. The number of aromatic hydroxyl groups is 1. The number of phenols is 1. The second kappa shape index (κ2) is 11.3. The van der Waals surface area contributed by atoms with Gasteiger partial charge in [-0.15, -0.1) is 0 Å². The lowest BCUT2D eigenvalue weighted by atomic mass is 9.91. The predicted molar refractivity (Wildman–Crippen MR) is 152 cm³/mol. The minimum atomic E-state index is -1.50. The van der Waals surface area contributed by atoms with Gasteiger partial charge in [-0.2, -0.15) is 5.10 Å². The van der Waals surface area contributed by atoms with Gasteiger partial charge < -0.3 is 25.0 Å². The molecule has 1 aliphatic rings. The van der Waals surface area contributed by atoms with Crippen molar-refractivity contribution in [2.24, 2.45) is 0 Å². The first-order chi connectivity index (χ1) is 20.2. The standard InChI is InChI=1S/C31H32F2N4O6/c1-15-19-7-6-10-42-27(19)21(33)12-20(15)26-25(28(30(40)41)43-31(3,4)5)16(2)35-24-13-22(36-37(24)26)29(39)34-14-17-8-9-18(32)11-23(17)38/h8-9,11-13,28,38H,6-7,10,14H2,1-5H3,(H,34,39)(H,40,41)/t28-/m0/s1. The van der Waals surface area contributed by atoms with E-state index < -0.39 is 35.2 Å². The van der Waals surface area contributed by atoms with Gasteiger partial charge >= 0.3 is 5.97 Å². The van der Waals surface area contributed by atoms with E-state index in [2.05, 4.69) is 15.4 Å². The Bertz CT molecular complexity index is 1760. The Morgan fingerprint density at radius 3 is 2.60 bits per heavy atom. The van der Waals surface area contributed by atoms with E-state index in [0.717, 1.165) is 12.1 Å². The molecule has 12 heteroatoms. The number of ether oxygens (including phenoxy) is 2. The molecule has 0 fully saturated rings. The normalized spacial score (nSPS) is 13.8. The van der Waals surface area contributed by atoms with Gasteiger partial charge in [0.1, 0.15) is 11.6 Å². The molecule has 0 aliphatic carbocycles. The third-order valence-electron chi connectivity index (χ3n) is 7.20. The van der Waals surface area contributed by atoms with E-state index in [-0.39, 0.29) is 40.6 Å². The number of benzene rings is 2. The van der Waals surface area contributed by atoms with Gasteiger partial charge in [-0.1, -0.05) is 6.07 Å². The van der Waals surface area contributed by atoms with E-state index in [1.807, 2.05) is 0 Å². The van der Waals surface area contributed by atoms with Gasteiger partial charge in [0.05, 0.1) is 17.9 Å². The Hall–Kier alpha value is -4.58. The summed E-state index contributed by atoms with van der Waals surface area (Å²) < 4.78 is 41.8. The summed E-state index contributed by atoms with van der Waals surface area (Å²) in [4.78, 5) is 30.3. The molecule has 5 rings (SSSR count). The monoisotopic (exact) mass is 594 g/mol. The Kier molecular flexibility index (Phi) is 7.82. The van der Waals surface area contributed by atoms with Crippen LogP contribution in [0, 0.1) is 25.5 Å². The van der Waals surface area contributed by atoms with E-state index in [4.69, 9.17) is 9.47 Å². The minimum Gasteiger partial charge on any atom is -0.507 e. The van der Waals surface area contributed by atoms with Crippen LogP contribution in [0.5, 0.6) is 11.5 Å². The lowest BCUT2D eigenvalue weighted by Gasteiger charge is -2.28. The Balaban J connectivity index is 1.69. The van der Waals surface area contributed by atoms with Crippen LogP contribution < -0.4 is 10.1 Å². The molecule has 3 heterocycles. The Morgan fingerprint density at radius 1 is 1.19 bits per heavy atom. The number of aromatic nitrogens is 3. The van der Waals surface area contributed by atoms with Crippen molar-refractivity contribution < 1.29 is 38.1 Å². The molecule has 0 saturated carbocycles. The molecule has 226 valence electrons. The zero-order valence-corrected chi connectivity index (χ0v) is 24.4. The number of halogens is 2. The van der Waals surface area contributed by atoms with Crippen molar-refractivity contribution in [1.82, 2.24) is 19.9 Å². The number of phenolic OH excluding ortho intramolecular Hbond substituents is 1. The maximum Gasteiger partial charge on any atom is 0.337 e. The number of amides is 1. The summed E-state index contributed by atoms with van der Waals surface area (Å²) >= 11 is 0. The molecule has 0 bridgehead atoms. The van der Waals surface area contributed by atoms with Crippen molar-refractivity contribution in [2.75, 3.05) is 6.61 Å². The molecule has 43 heavy (non-hydrogen) atoms. The van der Waals surface area contributed by atoms with E-state index in [9.17, 15) is 24.2 Å². The molecule has 0 spiro atoms. The van der Waals surface area contributed by atoms with Crippen LogP contribution in [0.15, 0.2) is 30.3 Å². The lowest BCUT2D eigenvalue weighted by Crippen LogP contribution is -2.29. The number of hydrogen-bond donors (Lipinski definition) is 3. The molecule has 1 atom stereocenters. The van der Waals surface area contributed by atoms with Crippen LogP contribution in [0.25, 0.3) is 16.9 Å². The molecular formula is C31H32F2N4O6. The third kappa shape index (κ3) is 5.87. The number of nitrogens with one attached hydrogen (secondary N) is 1. The molecule has 0 saturated heterocycles. The first-order valence-corrected chi connectivity index (χ1v) is 13.8. The highest BCUT2D eigenvalue weighted by Crippen LogP contribution is 2.41. The van der Waals surface area contributed by atoms with Crippen LogP contribution >= 0.6 is 0 Å². The van der Waals surface area contributed by atoms with Crippen LogP contribution in [-0.4, -0.2) is 48.9 Å². The molecule has 3 N–H and O–H groups in total. The number of carboxylic acid groups (broad SMARTS) is 1. The van der Waals surface area contributed by atoms with Crippen molar-refractivity contribution in [3.8, 4) is 22.8 Å².